The number of rotatable bonds is 4. The van der Waals surface area contributed by atoms with Gasteiger partial charge in [-0.3, -0.25) is 4.79 Å². The van der Waals surface area contributed by atoms with Crippen LogP contribution in [-0.4, -0.2) is 24.1 Å². The summed E-state index contributed by atoms with van der Waals surface area (Å²) >= 11 is 4.76. The van der Waals surface area contributed by atoms with Gasteiger partial charge in [0.25, 0.3) is 5.91 Å². The van der Waals surface area contributed by atoms with E-state index in [1.54, 1.807) is 35.8 Å². The van der Waals surface area contributed by atoms with Crippen LogP contribution in [0.25, 0.3) is 0 Å². The van der Waals surface area contributed by atoms with Gasteiger partial charge in [0.2, 0.25) is 0 Å². The lowest BCUT2D eigenvalue weighted by atomic mass is 10.1. The smallest absolute Gasteiger partial charge is 0.253 e. The first kappa shape index (κ1) is 16.0. The molecule has 21 heavy (non-hydrogen) atoms. The molecule has 0 radical (unpaired) electrons. The first-order chi connectivity index (χ1) is 10.0. The predicted molar refractivity (Wildman–Crippen MR) is 88.1 cm³/mol. The summed E-state index contributed by atoms with van der Waals surface area (Å²) in [5.74, 6) is -0.631. The third-order valence-electron chi connectivity index (χ3n) is 3.09. The Labute approximate surface area is 136 Å². The molecule has 0 aliphatic heterocycles. The van der Waals surface area contributed by atoms with Crippen molar-refractivity contribution in [3.63, 3.8) is 0 Å². The van der Waals surface area contributed by atoms with Crippen LogP contribution in [0.4, 0.5) is 4.39 Å². The van der Waals surface area contributed by atoms with Crippen LogP contribution in [0.5, 0.6) is 0 Å². The summed E-state index contributed by atoms with van der Waals surface area (Å²) in [5.41, 5.74) is 1.39. The maximum absolute atomic E-state index is 13.5. The summed E-state index contributed by atoms with van der Waals surface area (Å²) in [6.45, 7) is 0.491. The standard InChI is InChI=1S/C16H15BrFNOS/c1-19(10-11-3-6-13(21-2)7-4-11)16(20)12-5-8-14(17)15(18)9-12/h3-9H,10H2,1-2H3. The molecule has 0 N–H and O–H groups in total. The van der Waals surface area contributed by atoms with E-state index in [4.69, 9.17) is 0 Å². The molecule has 110 valence electrons. The first-order valence-corrected chi connectivity index (χ1v) is 8.36. The summed E-state index contributed by atoms with van der Waals surface area (Å²) in [6, 6.07) is 12.5. The van der Waals surface area contributed by atoms with E-state index in [2.05, 4.69) is 15.9 Å². The molecule has 0 aromatic heterocycles. The molecular weight excluding hydrogens is 353 g/mol. The molecule has 0 saturated heterocycles. The minimum atomic E-state index is -0.432. The molecule has 0 spiro atoms. The first-order valence-electron chi connectivity index (χ1n) is 6.34. The molecule has 0 fully saturated rings. The maximum atomic E-state index is 13.5. The second-order valence-electron chi connectivity index (χ2n) is 4.64. The highest BCUT2D eigenvalue weighted by Gasteiger charge is 2.13. The van der Waals surface area contributed by atoms with Crippen LogP contribution < -0.4 is 0 Å². The van der Waals surface area contributed by atoms with Crippen molar-refractivity contribution in [1.29, 1.82) is 0 Å². The zero-order valence-corrected chi connectivity index (χ0v) is 14.2. The number of carbonyl (C=O) groups is 1. The molecular formula is C16H15BrFNOS. The van der Waals surface area contributed by atoms with Gasteiger partial charge >= 0.3 is 0 Å². The Morgan fingerprint density at radius 2 is 1.90 bits per heavy atom. The SMILES string of the molecule is CSc1ccc(CN(C)C(=O)c2ccc(Br)c(F)c2)cc1. The number of benzene rings is 2. The fourth-order valence-electron chi connectivity index (χ4n) is 1.93. The minimum absolute atomic E-state index is 0.199. The average Bonchev–Trinajstić information content (AvgIpc) is 2.50. The topological polar surface area (TPSA) is 20.3 Å². The van der Waals surface area contributed by atoms with Crippen molar-refractivity contribution >= 4 is 33.6 Å². The minimum Gasteiger partial charge on any atom is -0.337 e. The fraction of sp³-hybridized carbons (Fsp3) is 0.188. The maximum Gasteiger partial charge on any atom is 0.253 e. The van der Waals surface area contributed by atoms with Crippen LogP contribution in [0.15, 0.2) is 51.8 Å². The fourth-order valence-corrected chi connectivity index (χ4v) is 2.58. The lowest BCUT2D eigenvalue weighted by Crippen LogP contribution is -2.26. The molecule has 2 aromatic carbocycles. The van der Waals surface area contributed by atoms with Gasteiger partial charge in [-0.1, -0.05) is 12.1 Å². The molecule has 1 amide bonds. The van der Waals surface area contributed by atoms with E-state index in [-0.39, 0.29) is 5.91 Å². The van der Waals surface area contributed by atoms with Crippen molar-refractivity contribution < 1.29 is 9.18 Å². The second-order valence-corrected chi connectivity index (χ2v) is 6.37. The van der Waals surface area contributed by atoms with Crippen LogP contribution in [0, 0.1) is 5.82 Å². The number of nitrogens with zero attached hydrogens (tertiary/aromatic N) is 1. The Balaban J connectivity index is 2.09. The van der Waals surface area contributed by atoms with Crippen molar-refractivity contribution in [2.24, 2.45) is 0 Å². The monoisotopic (exact) mass is 367 g/mol. The average molecular weight is 368 g/mol. The third kappa shape index (κ3) is 4.08. The van der Waals surface area contributed by atoms with Crippen molar-refractivity contribution in [3.8, 4) is 0 Å². The molecule has 0 aliphatic rings. The van der Waals surface area contributed by atoms with Gasteiger partial charge in [0.1, 0.15) is 5.82 Å². The van der Waals surface area contributed by atoms with Gasteiger partial charge in [-0.05, 0) is 58.1 Å². The Morgan fingerprint density at radius 1 is 1.24 bits per heavy atom. The van der Waals surface area contributed by atoms with Crippen molar-refractivity contribution in [2.75, 3.05) is 13.3 Å². The predicted octanol–water partition coefficient (Wildman–Crippen LogP) is 4.58. The van der Waals surface area contributed by atoms with Gasteiger partial charge in [-0.2, -0.15) is 0 Å². The molecule has 0 atom stereocenters. The normalized spacial score (nSPS) is 10.5. The molecule has 0 saturated carbocycles. The van der Waals surface area contributed by atoms with E-state index < -0.39 is 5.82 Å². The Bertz CT molecular complexity index is 645. The number of halogens is 2. The van der Waals surface area contributed by atoms with E-state index in [9.17, 15) is 9.18 Å². The lowest BCUT2D eigenvalue weighted by Gasteiger charge is -2.17. The number of hydrogen-bond donors (Lipinski definition) is 0. The summed E-state index contributed by atoms with van der Waals surface area (Å²) in [7, 11) is 1.71. The van der Waals surface area contributed by atoms with Gasteiger partial charge in [0.05, 0.1) is 4.47 Å². The largest absolute Gasteiger partial charge is 0.337 e. The van der Waals surface area contributed by atoms with Gasteiger partial charge in [-0.15, -0.1) is 11.8 Å². The molecule has 0 unspecified atom stereocenters. The van der Waals surface area contributed by atoms with E-state index in [1.807, 2.05) is 30.5 Å². The number of hydrogen-bond acceptors (Lipinski definition) is 2. The van der Waals surface area contributed by atoms with Crippen molar-refractivity contribution in [3.05, 3.63) is 63.9 Å². The molecule has 2 nitrogen and oxygen atoms in total. The van der Waals surface area contributed by atoms with Gasteiger partial charge in [-0.25, -0.2) is 4.39 Å². The van der Waals surface area contributed by atoms with Gasteiger partial charge in [0.15, 0.2) is 0 Å². The van der Waals surface area contributed by atoms with E-state index in [0.29, 0.717) is 16.6 Å². The summed E-state index contributed by atoms with van der Waals surface area (Å²) in [5, 5.41) is 0. The van der Waals surface area contributed by atoms with Crippen LogP contribution in [-0.2, 0) is 6.54 Å². The molecule has 2 rings (SSSR count). The van der Waals surface area contributed by atoms with Crippen molar-refractivity contribution in [2.45, 2.75) is 11.4 Å². The van der Waals surface area contributed by atoms with E-state index >= 15 is 0 Å². The highest BCUT2D eigenvalue weighted by Crippen LogP contribution is 2.19. The molecule has 0 bridgehead atoms. The van der Waals surface area contributed by atoms with E-state index in [1.165, 1.54) is 11.0 Å². The Morgan fingerprint density at radius 3 is 2.48 bits per heavy atom. The molecule has 5 heteroatoms. The summed E-state index contributed by atoms with van der Waals surface area (Å²) in [6.07, 6.45) is 2.02. The highest BCUT2D eigenvalue weighted by molar-refractivity contribution is 9.10. The molecule has 2 aromatic rings. The Hall–Kier alpha value is -1.33. The van der Waals surface area contributed by atoms with Gasteiger partial charge < -0.3 is 4.90 Å². The Kier molecular flexibility index (Phi) is 5.42. The van der Waals surface area contributed by atoms with Crippen molar-refractivity contribution in [1.82, 2.24) is 4.90 Å². The summed E-state index contributed by atoms with van der Waals surface area (Å²) < 4.78 is 13.8. The number of carbonyl (C=O) groups excluding carboxylic acids is 1. The van der Waals surface area contributed by atoms with E-state index in [0.717, 1.165) is 5.56 Å². The molecule has 0 heterocycles. The van der Waals surface area contributed by atoms with Crippen LogP contribution in [0.3, 0.4) is 0 Å². The zero-order valence-electron chi connectivity index (χ0n) is 11.8. The van der Waals surface area contributed by atoms with Crippen LogP contribution in [0.1, 0.15) is 15.9 Å². The van der Waals surface area contributed by atoms with Crippen LogP contribution in [0.2, 0.25) is 0 Å². The van der Waals surface area contributed by atoms with Gasteiger partial charge in [0, 0.05) is 24.1 Å². The number of amides is 1. The second kappa shape index (κ2) is 7.09. The summed E-state index contributed by atoms with van der Waals surface area (Å²) in [4.78, 5) is 15.0. The zero-order chi connectivity index (χ0) is 15.4. The third-order valence-corrected chi connectivity index (χ3v) is 4.48. The quantitative estimate of drug-likeness (QED) is 0.737. The molecule has 0 aliphatic carbocycles. The number of thioether (sulfide) groups is 1. The lowest BCUT2D eigenvalue weighted by molar-refractivity contribution is 0.0784. The highest BCUT2D eigenvalue weighted by atomic mass is 79.9. The van der Waals surface area contributed by atoms with Crippen LogP contribution >= 0.6 is 27.7 Å².